The van der Waals surface area contributed by atoms with Crippen LogP contribution in [0.15, 0.2) is 24.3 Å². The van der Waals surface area contributed by atoms with Gasteiger partial charge < -0.3 is 0 Å². The van der Waals surface area contributed by atoms with Crippen LogP contribution in [0.4, 0.5) is 4.39 Å². The molecule has 0 aliphatic carbocycles. The van der Waals surface area contributed by atoms with Crippen molar-refractivity contribution in [3.8, 4) is 10.6 Å². The number of nitrogens with zero attached hydrogens (tertiary/aromatic N) is 1. The van der Waals surface area contributed by atoms with E-state index >= 15 is 0 Å². The summed E-state index contributed by atoms with van der Waals surface area (Å²) in [4.78, 5) is 4.01. The maximum absolute atomic E-state index is 12.9. The number of thiazole rings is 1. The summed E-state index contributed by atoms with van der Waals surface area (Å²) in [7, 11) is 0. The molecule has 0 fully saturated rings. The Morgan fingerprint density at radius 1 is 1.29 bits per heavy atom. The molecule has 2 aromatic rings. The van der Waals surface area contributed by atoms with Crippen LogP contribution in [-0.2, 0) is 0 Å². The molecule has 0 bridgehead atoms. The predicted octanol–water partition coefficient (Wildman–Crippen LogP) is 4.26. The molecule has 72 valence electrons. The number of benzene rings is 1. The zero-order chi connectivity index (χ0) is 10.1. The van der Waals surface area contributed by atoms with Crippen LogP contribution in [0.5, 0.6) is 0 Å². The molecule has 1 aromatic carbocycles. The van der Waals surface area contributed by atoms with E-state index in [1.54, 1.807) is 12.1 Å². The van der Waals surface area contributed by atoms with Crippen LogP contribution in [0.25, 0.3) is 10.6 Å². The summed E-state index contributed by atoms with van der Waals surface area (Å²) < 4.78 is 13.3. The number of aromatic nitrogens is 1. The first-order chi connectivity index (χ1) is 6.66. The zero-order valence-electron chi connectivity index (χ0n) is 6.80. The highest BCUT2D eigenvalue weighted by molar-refractivity contribution is 7.19. The fourth-order valence-electron chi connectivity index (χ4n) is 1.03. The lowest BCUT2D eigenvalue weighted by molar-refractivity contribution is 0.628. The summed E-state index contributed by atoms with van der Waals surface area (Å²) >= 11 is 12.7. The van der Waals surface area contributed by atoms with Crippen LogP contribution in [0.3, 0.4) is 0 Å². The zero-order valence-corrected chi connectivity index (χ0v) is 9.13. The van der Waals surface area contributed by atoms with E-state index in [-0.39, 0.29) is 11.0 Å². The summed E-state index contributed by atoms with van der Waals surface area (Å²) in [5.74, 6) is -0.301. The maximum atomic E-state index is 12.9. The fourth-order valence-corrected chi connectivity index (χ4v) is 2.22. The minimum atomic E-state index is -0.301. The molecule has 0 N–H and O–H groups in total. The summed E-state index contributed by atoms with van der Waals surface area (Å²) in [5.41, 5.74) is 0.684. The SMILES string of the molecule is Fc1cccc(-c2nc(Cl)c(Cl)s2)c1. The first-order valence-electron chi connectivity index (χ1n) is 3.74. The predicted molar refractivity (Wildman–Crippen MR) is 57.5 cm³/mol. The average Bonchev–Trinajstić information content (AvgIpc) is 2.47. The van der Waals surface area contributed by atoms with Gasteiger partial charge in [0.15, 0.2) is 5.15 Å². The van der Waals surface area contributed by atoms with Crippen molar-refractivity contribution in [3.05, 3.63) is 39.6 Å². The van der Waals surface area contributed by atoms with E-state index < -0.39 is 0 Å². The molecule has 5 heteroatoms. The molecule has 0 unspecified atom stereocenters. The summed E-state index contributed by atoms with van der Waals surface area (Å²) in [6.07, 6.45) is 0. The van der Waals surface area contributed by atoms with Gasteiger partial charge in [0.25, 0.3) is 0 Å². The molecule has 1 nitrogen and oxygen atoms in total. The van der Waals surface area contributed by atoms with E-state index in [1.807, 2.05) is 0 Å². The minimum Gasteiger partial charge on any atom is -0.223 e. The largest absolute Gasteiger partial charge is 0.223 e. The topological polar surface area (TPSA) is 12.9 Å². The van der Waals surface area contributed by atoms with Gasteiger partial charge in [-0.05, 0) is 12.1 Å². The molecule has 0 aliphatic heterocycles. The van der Waals surface area contributed by atoms with Gasteiger partial charge in [-0.25, -0.2) is 9.37 Å². The van der Waals surface area contributed by atoms with Gasteiger partial charge >= 0.3 is 0 Å². The van der Waals surface area contributed by atoms with Crippen molar-refractivity contribution in [2.45, 2.75) is 0 Å². The highest BCUT2D eigenvalue weighted by atomic mass is 35.5. The lowest BCUT2D eigenvalue weighted by atomic mass is 10.2. The van der Waals surface area contributed by atoms with Crippen LogP contribution in [0.2, 0.25) is 9.49 Å². The normalized spacial score (nSPS) is 10.5. The van der Waals surface area contributed by atoms with Crippen LogP contribution in [-0.4, -0.2) is 4.98 Å². The number of halogens is 3. The molecule has 0 atom stereocenters. The highest BCUT2D eigenvalue weighted by Crippen LogP contribution is 2.34. The quantitative estimate of drug-likeness (QED) is 0.734. The van der Waals surface area contributed by atoms with Crippen molar-refractivity contribution in [2.24, 2.45) is 0 Å². The lowest BCUT2D eigenvalue weighted by Gasteiger charge is -1.94. The Balaban J connectivity index is 2.49. The van der Waals surface area contributed by atoms with Gasteiger partial charge in [0.2, 0.25) is 0 Å². The molecule has 14 heavy (non-hydrogen) atoms. The third-order valence-electron chi connectivity index (χ3n) is 1.62. The minimum absolute atomic E-state index is 0.260. The second-order valence-electron chi connectivity index (χ2n) is 2.59. The van der Waals surface area contributed by atoms with Crippen molar-refractivity contribution in [3.63, 3.8) is 0 Å². The summed E-state index contributed by atoms with van der Waals surface area (Å²) in [5, 5.41) is 0.885. The van der Waals surface area contributed by atoms with E-state index in [2.05, 4.69) is 4.98 Å². The molecule has 0 aliphatic rings. The standard InChI is InChI=1S/C9H4Cl2FNS/c10-7-8(11)14-9(13-7)5-2-1-3-6(12)4-5/h1-4H. The van der Waals surface area contributed by atoms with Crippen molar-refractivity contribution in [1.29, 1.82) is 0 Å². The van der Waals surface area contributed by atoms with Crippen molar-refractivity contribution < 1.29 is 4.39 Å². The van der Waals surface area contributed by atoms with Gasteiger partial charge in [0, 0.05) is 5.56 Å². The Labute approximate surface area is 94.1 Å². The Morgan fingerprint density at radius 2 is 2.07 bits per heavy atom. The second-order valence-corrected chi connectivity index (χ2v) is 4.55. The smallest absolute Gasteiger partial charge is 0.159 e. The van der Waals surface area contributed by atoms with E-state index in [1.165, 1.54) is 23.5 Å². The van der Waals surface area contributed by atoms with Crippen LogP contribution < -0.4 is 0 Å². The fraction of sp³-hybridized carbons (Fsp3) is 0. The van der Waals surface area contributed by atoms with E-state index in [9.17, 15) is 4.39 Å². The van der Waals surface area contributed by atoms with Gasteiger partial charge in [-0.1, -0.05) is 35.3 Å². The van der Waals surface area contributed by atoms with Gasteiger partial charge in [-0.15, -0.1) is 11.3 Å². The first-order valence-corrected chi connectivity index (χ1v) is 5.32. The molecule has 1 aromatic heterocycles. The molecule has 0 radical (unpaired) electrons. The molecule has 2 rings (SSSR count). The molecule has 0 saturated heterocycles. The van der Waals surface area contributed by atoms with Crippen LogP contribution in [0.1, 0.15) is 0 Å². The molecule has 0 saturated carbocycles. The summed E-state index contributed by atoms with van der Waals surface area (Å²) in [6.45, 7) is 0. The third kappa shape index (κ3) is 1.90. The van der Waals surface area contributed by atoms with Crippen LogP contribution in [0, 0.1) is 5.82 Å². The molecule has 0 amide bonds. The van der Waals surface area contributed by atoms with Gasteiger partial charge in [0.1, 0.15) is 15.2 Å². The van der Waals surface area contributed by atoms with E-state index in [4.69, 9.17) is 23.2 Å². The third-order valence-corrected chi connectivity index (χ3v) is 3.41. The maximum Gasteiger partial charge on any atom is 0.159 e. The van der Waals surface area contributed by atoms with E-state index in [0.29, 0.717) is 14.9 Å². The van der Waals surface area contributed by atoms with Crippen molar-refractivity contribution in [1.82, 2.24) is 4.98 Å². The van der Waals surface area contributed by atoms with Gasteiger partial charge in [0.05, 0.1) is 0 Å². The first kappa shape index (κ1) is 9.90. The molecule has 0 spiro atoms. The number of hydrogen-bond acceptors (Lipinski definition) is 2. The van der Waals surface area contributed by atoms with Gasteiger partial charge in [-0.2, -0.15) is 0 Å². The Morgan fingerprint density at radius 3 is 2.64 bits per heavy atom. The Bertz CT molecular complexity index is 450. The van der Waals surface area contributed by atoms with Crippen molar-refractivity contribution in [2.75, 3.05) is 0 Å². The Kier molecular flexibility index (Phi) is 2.72. The lowest BCUT2D eigenvalue weighted by Crippen LogP contribution is -1.77. The monoisotopic (exact) mass is 247 g/mol. The molecular formula is C9H4Cl2FNS. The van der Waals surface area contributed by atoms with Crippen LogP contribution >= 0.6 is 34.5 Å². The number of hydrogen-bond donors (Lipinski definition) is 0. The Hall–Kier alpha value is -0.640. The molecule has 1 heterocycles. The molecular weight excluding hydrogens is 244 g/mol. The average molecular weight is 248 g/mol. The van der Waals surface area contributed by atoms with Gasteiger partial charge in [-0.3, -0.25) is 0 Å². The van der Waals surface area contributed by atoms with Crippen molar-refractivity contribution >= 4 is 34.5 Å². The second kappa shape index (κ2) is 3.85. The number of rotatable bonds is 1. The van der Waals surface area contributed by atoms with E-state index in [0.717, 1.165) is 0 Å². The summed E-state index contributed by atoms with van der Waals surface area (Å²) in [6, 6.07) is 6.15. The highest BCUT2D eigenvalue weighted by Gasteiger charge is 2.08.